The van der Waals surface area contributed by atoms with Crippen molar-refractivity contribution in [1.29, 1.82) is 0 Å². The topological polar surface area (TPSA) is 62.3 Å². The van der Waals surface area contributed by atoms with E-state index in [-0.39, 0.29) is 11.8 Å². The minimum Gasteiger partial charge on any atom is -0.356 e. The van der Waals surface area contributed by atoms with Gasteiger partial charge in [0.1, 0.15) is 0 Å². The fourth-order valence-electron chi connectivity index (χ4n) is 1.65. The summed E-state index contributed by atoms with van der Waals surface area (Å²) in [6.07, 6.45) is 4.65. The van der Waals surface area contributed by atoms with Gasteiger partial charge in [0.15, 0.2) is 0 Å². The number of hydrogen-bond acceptors (Lipinski definition) is 3. The van der Waals surface area contributed by atoms with E-state index in [4.69, 9.17) is 0 Å². The van der Waals surface area contributed by atoms with Crippen molar-refractivity contribution in [3.8, 4) is 0 Å². The molecular formula is C14H21N3O2. The molecule has 1 N–H and O–H groups in total. The quantitative estimate of drug-likeness (QED) is 0.807. The van der Waals surface area contributed by atoms with Crippen LogP contribution in [0.15, 0.2) is 24.5 Å². The fraction of sp³-hybridized carbons (Fsp3) is 0.500. The first-order valence-electron chi connectivity index (χ1n) is 6.54. The number of nitrogens with zero attached hydrogens (tertiary/aromatic N) is 2. The van der Waals surface area contributed by atoms with Gasteiger partial charge < -0.3 is 10.2 Å². The third kappa shape index (κ3) is 5.99. The van der Waals surface area contributed by atoms with Gasteiger partial charge in [-0.3, -0.25) is 14.6 Å². The van der Waals surface area contributed by atoms with Crippen LogP contribution in [0.1, 0.15) is 32.3 Å². The maximum atomic E-state index is 11.6. The Morgan fingerprint density at radius 1 is 1.32 bits per heavy atom. The number of pyridine rings is 1. The van der Waals surface area contributed by atoms with Gasteiger partial charge in [-0.15, -0.1) is 0 Å². The Bertz CT molecular complexity index is 406. The Morgan fingerprint density at radius 3 is 2.58 bits per heavy atom. The minimum atomic E-state index is -0.0277. The largest absolute Gasteiger partial charge is 0.356 e. The third-order valence-corrected chi connectivity index (χ3v) is 2.75. The van der Waals surface area contributed by atoms with Crippen LogP contribution >= 0.6 is 0 Å². The number of carbonyl (C=O) groups excluding carboxylic acids is 2. The maximum absolute atomic E-state index is 11.6. The molecule has 2 amide bonds. The van der Waals surface area contributed by atoms with Gasteiger partial charge in [0, 0.05) is 45.4 Å². The molecule has 0 atom stereocenters. The SMILES string of the molecule is CCCNC(=O)CCN(Cc1ccncc1)C(C)=O. The summed E-state index contributed by atoms with van der Waals surface area (Å²) in [5.74, 6) is -0.0390. The van der Waals surface area contributed by atoms with E-state index in [9.17, 15) is 9.59 Å². The zero-order valence-electron chi connectivity index (χ0n) is 11.6. The summed E-state index contributed by atoms with van der Waals surface area (Å²) in [5, 5.41) is 2.80. The van der Waals surface area contributed by atoms with Crippen molar-refractivity contribution in [1.82, 2.24) is 15.2 Å². The molecule has 0 aliphatic heterocycles. The second-order valence-corrected chi connectivity index (χ2v) is 4.40. The van der Waals surface area contributed by atoms with E-state index in [1.165, 1.54) is 6.92 Å². The molecule has 0 unspecified atom stereocenters. The Labute approximate surface area is 114 Å². The molecule has 0 bridgehead atoms. The average Bonchev–Trinajstić information content (AvgIpc) is 2.41. The summed E-state index contributed by atoms with van der Waals surface area (Å²) in [7, 11) is 0. The van der Waals surface area contributed by atoms with Crippen LogP contribution in [0, 0.1) is 0 Å². The Morgan fingerprint density at radius 2 is 2.00 bits per heavy atom. The molecule has 0 aliphatic rings. The van der Waals surface area contributed by atoms with Gasteiger partial charge in [0.25, 0.3) is 0 Å². The number of aromatic nitrogens is 1. The lowest BCUT2D eigenvalue weighted by molar-refractivity contribution is -0.130. The Balaban J connectivity index is 2.45. The highest BCUT2D eigenvalue weighted by Crippen LogP contribution is 2.04. The number of hydrogen-bond donors (Lipinski definition) is 1. The number of rotatable bonds is 7. The molecule has 1 aromatic heterocycles. The lowest BCUT2D eigenvalue weighted by atomic mass is 10.2. The lowest BCUT2D eigenvalue weighted by Crippen LogP contribution is -2.33. The van der Waals surface area contributed by atoms with E-state index < -0.39 is 0 Å². The highest BCUT2D eigenvalue weighted by Gasteiger charge is 2.11. The van der Waals surface area contributed by atoms with Gasteiger partial charge in [0.2, 0.25) is 11.8 Å². The number of nitrogens with one attached hydrogen (secondary N) is 1. The summed E-state index contributed by atoms with van der Waals surface area (Å²) in [6, 6.07) is 3.74. The summed E-state index contributed by atoms with van der Waals surface area (Å²) in [5.41, 5.74) is 1.01. The van der Waals surface area contributed by atoms with Gasteiger partial charge >= 0.3 is 0 Å². The molecule has 19 heavy (non-hydrogen) atoms. The van der Waals surface area contributed by atoms with Crippen molar-refractivity contribution in [2.24, 2.45) is 0 Å². The summed E-state index contributed by atoms with van der Waals surface area (Å²) in [4.78, 5) is 28.7. The minimum absolute atomic E-state index is 0.0113. The van der Waals surface area contributed by atoms with E-state index in [0.29, 0.717) is 26.1 Å². The van der Waals surface area contributed by atoms with Crippen molar-refractivity contribution in [2.45, 2.75) is 33.2 Å². The van der Waals surface area contributed by atoms with Crippen LogP contribution in [-0.2, 0) is 16.1 Å². The second kappa shape index (κ2) is 8.24. The van der Waals surface area contributed by atoms with Gasteiger partial charge in [0.05, 0.1) is 0 Å². The van der Waals surface area contributed by atoms with Crippen LogP contribution in [0.3, 0.4) is 0 Å². The molecule has 0 saturated heterocycles. The summed E-state index contributed by atoms with van der Waals surface area (Å²) in [6.45, 7) is 5.16. The van der Waals surface area contributed by atoms with Gasteiger partial charge in [-0.25, -0.2) is 0 Å². The lowest BCUT2D eigenvalue weighted by Gasteiger charge is -2.20. The second-order valence-electron chi connectivity index (χ2n) is 4.40. The van der Waals surface area contributed by atoms with Crippen LogP contribution in [-0.4, -0.2) is 34.8 Å². The normalized spacial score (nSPS) is 10.0. The molecule has 0 spiro atoms. The zero-order valence-corrected chi connectivity index (χ0v) is 11.6. The van der Waals surface area contributed by atoms with Crippen LogP contribution in [0.4, 0.5) is 0 Å². The van der Waals surface area contributed by atoms with E-state index in [0.717, 1.165) is 12.0 Å². The highest BCUT2D eigenvalue weighted by atomic mass is 16.2. The molecule has 5 nitrogen and oxygen atoms in total. The van der Waals surface area contributed by atoms with E-state index in [1.807, 2.05) is 19.1 Å². The molecule has 0 fully saturated rings. The van der Waals surface area contributed by atoms with Gasteiger partial charge in [-0.2, -0.15) is 0 Å². The fourth-order valence-corrected chi connectivity index (χ4v) is 1.65. The molecule has 5 heteroatoms. The van der Waals surface area contributed by atoms with Crippen LogP contribution in [0.25, 0.3) is 0 Å². The van der Waals surface area contributed by atoms with Crippen LogP contribution < -0.4 is 5.32 Å². The summed E-state index contributed by atoms with van der Waals surface area (Å²) >= 11 is 0. The average molecular weight is 263 g/mol. The molecule has 1 rings (SSSR count). The van der Waals surface area contributed by atoms with Crippen molar-refractivity contribution < 1.29 is 9.59 Å². The molecule has 1 heterocycles. The molecular weight excluding hydrogens is 242 g/mol. The third-order valence-electron chi connectivity index (χ3n) is 2.75. The van der Waals surface area contributed by atoms with Gasteiger partial charge in [-0.05, 0) is 24.1 Å². The zero-order chi connectivity index (χ0) is 14.1. The van der Waals surface area contributed by atoms with Crippen molar-refractivity contribution >= 4 is 11.8 Å². The first-order valence-corrected chi connectivity index (χ1v) is 6.54. The predicted molar refractivity (Wildman–Crippen MR) is 73.2 cm³/mol. The molecule has 0 radical (unpaired) electrons. The summed E-state index contributed by atoms with van der Waals surface area (Å²) < 4.78 is 0. The first kappa shape index (κ1) is 15.1. The van der Waals surface area contributed by atoms with Crippen molar-refractivity contribution in [3.05, 3.63) is 30.1 Å². The molecule has 0 aliphatic carbocycles. The molecule has 0 aromatic carbocycles. The van der Waals surface area contributed by atoms with Crippen molar-refractivity contribution in [2.75, 3.05) is 13.1 Å². The molecule has 0 saturated carbocycles. The van der Waals surface area contributed by atoms with E-state index in [1.54, 1.807) is 17.3 Å². The Hall–Kier alpha value is -1.91. The van der Waals surface area contributed by atoms with E-state index >= 15 is 0 Å². The number of carbonyl (C=O) groups is 2. The standard InChI is InChI=1S/C14H21N3O2/c1-3-7-16-14(19)6-10-17(12(2)18)11-13-4-8-15-9-5-13/h4-5,8-9H,3,6-7,10-11H2,1-2H3,(H,16,19). The smallest absolute Gasteiger partial charge is 0.221 e. The van der Waals surface area contributed by atoms with Crippen LogP contribution in [0.5, 0.6) is 0 Å². The van der Waals surface area contributed by atoms with E-state index in [2.05, 4.69) is 10.3 Å². The molecule has 1 aromatic rings. The molecule has 104 valence electrons. The highest BCUT2D eigenvalue weighted by molar-refractivity contribution is 5.77. The van der Waals surface area contributed by atoms with Crippen LogP contribution in [0.2, 0.25) is 0 Å². The number of amides is 2. The Kier molecular flexibility index (Phi) is 6.57. The maximum Gasteiger partial charge on any atom is 0.221 e. The van der Waals surface area contributed by atoms with Gasteiger partial charge in [-0.1, -0.05) is 6.92 Å². The monoisotopic (exact) mass is 263 g/mol. The predicted octanol–water partition coefficient (Wildman–Crippen LogP) is 1.35. The first-order chi connectivity index (χ1) is 9.13. The van der Waals surface area contributed by atoms with Crippen molar-refractivity contribution in [3.63, 3.8) is 0 Å².